The van der Waals surface area contributed by atoms with E-state index < -0.39 is 17.5 Å². The first-order valence-electron chi connectivity index (χ1n) is 8.82. The Morgan fingerprint density at radius 2 is 1.93 bits per heavy atom. The van der Waals surface area contributed by atoms with Gasteiger partial charge in [-0.25, -0.2) is 4.79 Å². The first-order chi connectivity index (χ1) is 13.9. The number of carbonyl (C=O) groups is 2. The van der Waals surface area contributed by atoms with Crippen LogP contribution in [0.3, 0.4) is 0 Å². The fraction of sp³-hybridized carbons (Fsp3) is 0.136. The molecule has 1 aromatic heterocycles. The molecule has 0 aliphatic heterocycles. The van der Waals surface area contributed by atoms with Crippen molar-refractivity contribution in [1.82, 2.24) is 5.32 Å². The first-order valence-corrected chi connectivity index (χ1v) is 9.19. The van der Waals surface area contributed by atoms with Crippen LogP contribution in [0.25, 0.3) is 17.0 Å². The van der Waals surface area contributed by atoms with Crippen LogP contribution >= 0.6 is 11.6 Å². The Kier molecular flexibility index (Phi) is 6.46. The highest BCUT2D eigenvalue weighted by molar-refractivity contribution is 6.32. The number of benzene rings is 2. The van der Waals surface area contributed by atoms with Gasteiger partial charge in [-0.15, -0.1) is 0 Å². The van der Waals surface area contributed by atoms with Crippen LogP contribution in [0, 0.1) is 6.92 Å². The summed E-state index contributed by atoms with van der Waals surface area (Å²) in [4.78, 5) is 35.5. The second-order valence-corrected chi connectivity index (χ2v) is 6.72. The summed E-state index contributed by atoms with van der Waals surface area (Å²) in [6.45, 7) is 1.36. The summed E-state index contributed by atoms with van der Waals surface area (Å²) in [5, 5.41) is 3.55. The van der Waals surface area contributed by atoms with Crippen molar-refractivity contribution in [2.75, 3.05) is 6.54 Å². The van der Waals surface area contributed by atoms with Gasteiger partial charge in [0.1, 0.15) is 18.7 Å². The van der Waals surface area contributed by atoms with E-state index in [2.05, 4.69) is 5.32 Å². The van der Waals surface area contributed by atoms with E-state index in [-0.39, 0.29) is 13.2 Å². The predicted octanol–water partition coefficient (Wildman–Crippen LogP) is 3.63. The van der Waals surface area contributed by atoms with Crippen molar-refractivity contribution >= 4 is 40.5 Å². The van der Waals surface area contributed by atoms with Crippen molar-refractivity contribution in [2.45, 2.75) is 13.5 Å². The largest absolute Gasteiger partial charge is 0.459 e. The molecule has 0 fully saturated rings. The van der Waals surface area contributed by atoms with Gasteiger partial charge in [-0.3, -0.25) is 9.59 Å². The number of halogens is 1. The van der Waals surface area contributed by atoms with Crippen LogP contribution in [0.15, 0.2) is 63.8 Å². The Hall–Kier alpha value is -3.38. The van der Waals surface area contributed by atoms with Crippen molar-refractivity contribution in [3.8, 4) is 0 Å². The number of fused-ring (bicyclic) bond motifs is 1. The topological polar surface area (TPSA) is 85.6 Å². The molecular formula is C22H18ClNO5. The quantitative estimate of drug-likeness (QED) is 0.380. The van der Waals surface area contributed by atoms with Crippen molar-refractivity contribution in [2.24, 2.45) is 0 Å². The molecule has 3 aromatic rings. The lowest BCUT2D eigenvalue weighted by Gasteiger charge is -2.09. The van der Waals surface area contributed by atoms with Gasteiger partial charge in [0.15, 0.2) is 0 Å². The Morgan fingerprint density at radius 3 is 2.69 bits per heavy atom. The average molecular weight is 412 g/mol. The number of amides is 1. The zero-order chi connectivity index (χ0) is 20.8. The Bertz CT molecular complexity index is 1140. The SMILES string of the molecule is Cc1cc2oc(=O)cc(COC(=O)CNC(=O)/C=C/c3ccccc3)c2cc1Cl. The first kappa shape index (κ1) is 20.4. The van der Waals surface area contributed by atoms with E-state index >= 15 is 0 Å². The molecule has 0 saturated carbocycles. The van der Waals surface area contributed by atoms with E-state index in [0.717, 1.165) is 11.1 Å². The highest BCUT2D eigenvalue weighted by Crippen LogP contribution is 2.25. The predicted molar refractivity (Wildman–Crippen MR) is 111 cm³/mol. The minimum Gasteiger partial charge on any atom is -0.459 e. The Labute approximate surface area is 171 Å². The lowest BCUT2D eigenvalue weighted by molar-refractivity contribution is -0.144. The molecule has 0 saturated heterocycles. The van der Waals surface area contributed by atoms with E-state index in [1.165, 1.54) is 12.1 Å². The maximum Gasteiger partial charge on any atom is 0.336 e. The molecule has 1 amide bonds. The number of rotatable bonds is 6. The van der Waals surface area contributed by atoms with Gasteiger partial charge in [0.2, 0.25) is 5.91 Å². The number of esters is 1. The molecule has 1 N–H and O–H groups in total. The summed E-state index contributed by atoms with van der Waals surface area (Å²) in [6.07, 6.45) is 2.98. The molecule has 0 unspecified atom stereocenters. The zero-order valence-electron chi connectivity index (χ0n) is 15.6. The molecule has 0 bridgehead atoms. The van der Waals surface area contributed by atoms with E-state index in [1.54, 1.807) is 25.1 Å². The lowest BCUT2D eigenvalue weighted by Crippen LogP contribution is -2.29. The van der Waals surface area contributed by atoms with Gasteiger partial charge >= 0.3 is 11.6 Å². The van der Waals surface area contributed by atoms with Gasteiger partial charge in [-0.05, 0) is 36.3 Å². The van der Waals surface area contributed by atoms with Gasteiger partial charge in [-0.1, -0.05) is 41.9 Å². The molecule has 0 atom stereocenters. The highest BCUT2D eigenvalue weighted by atomic mass is 35.5. The third-order valence-corrected chi connectivity index (χ3v) is 4.54. The number of carbonyl (C=O) groups excluding carboxylic acids is 2. The summed E-state index contributed by atoms with van der Waals surface area (Å²) in [5.74, 6) is -1.05. The van der Waals surface area contributed by atoms with E-state index in [0.29, 0.717) is 21.6 Å². The molecular weight excluding hydrogens is 394 g/mol. The summed E-state index contributed by atoms with van der Waals surface area (Å²) in [5.41, 5.74) is 1.92. The number of hydrogen-bond donors (Lipinski definition) is 1. The minimum atomic E-state index is -0.633. The summed E-state index contributed by atoms with van der Waals surface area (Å²) in [7, 11) is 0. The summed E-state index contributed by atoms with van der Waals surface area (Å²) in [6, 6.07) is 13.9. The second kappa shape index (κ2) is 9.21. The monoisotopic (exact) mass is 411 g/mol. The van der Waals surface area contributed by atoms with E-state index in [4.69, 9.17) is 20.8 Å². The third-order valence-electron chi connectivity index (χ3n) is 4.13. The number of ether oxygens (including phenoxy) is 1. The number of nitrogens with one attached hydrogen (secondary N) is 1. The van der Waals surface area contributed by atoms with Crippen LogP contribution in [0.1, 0.15) is 16.7 Å². The molecule has 0 spiro atoms. The zero-order valence-corrected chi connectivity index (χ0v) is 16.4. The van der Waals surface area contributed by atoms with Gasteiger partial charge in [0.05, 0.1) is 0 Å². The van der Waals surface area contributed by atoms with E-state index in [1.807, 2.05) is 30.3 Å². The molecule has 0 aliphatic rings. The van der Waals surface area contributed by atoms with Crippen LogP contribution in [-0.2, 0) is 20.9 Å². The average Bonchev–Trinajstić information content (AvgIpc) is 2.71. The molecule has 29 heavy (non-hydrogen) atoms. The van der Waals surface area contributed by atoms with Crippen molar-refractivity contribution < 1.29 is 18.7 Å². The normalized spacial score (nSPS) is 11.0. The lowest BCUT2D eigenvalue weighted by atomic mass is 10.1. The molecule has 6 nitrogen and oxygen atoms in total. The minimum absolute atomic E-state index is 0.143. The molecule has 0 aliphatic carbocycles. The fourth-order valence-electron chi connectivity index (χ4n) is 2.63. The Balaban J connectivity index is 1.58. The van der Waals surface area contributed by atoms with Gasteiger partial charge in [-0.2, -0.15) is 0 Å². The highest BCUT2D eigenvalue weighted by Gasteiger charge is 2.11. The van der Waals surface area contributed by atoms with Gasteiger partial charge < -0.3 is 14.5 Å². The third kappa shape index (κ3) is 5.56. The number of aryl methyl sites for hydroxylation is 1. The molecule has 3 rings (SSSR count). The fourth-order valence-corrected chi connectivity index (χ4v) is 2.79. The standard InChI is InChI=1S/C22H18ClNO5/c1-14-9-19-17(11-18(14)23)16(10-21(26)29-19)13-28-22(27)12-24-20(25)8-7-15-5-3-2-4-6-15/h2-11H,12-13H2,1H3,(H,24,25)/b8-7+. The molecule has 7 heteroatoms. The summed E-state index contributed by atoms with van der Waals surface area (Å²) >= 11 is 6.14. The van der Waals surface area contributed by atoms with Crippen LogP contribution in [0.5, 0.6) is 0 Å². The molecule has 148 valence electrons. The van der Waals surface area contributed by atoms with Crippen molar-refractivity contribution in [3.63, 3.8) is 0 Å². The molecule has 2 aromatic carbocycles. The number of hydrogen-bond acceptors (Lipinski definition) is 5. The molecule has 1 heterocycles. The maximum atomic E-state index is 11.9. The van der Waals surface area contributed by atoms with Gasteiger partial charge in [0, 0.05) is 28.1 Å². The van der Waals surface area contributed by atoms with Gasteiger partial charge in [0.25, 0.3) is 0 Å². The van der Waals surface area contributed by atoms with Crippen molar-refractivity contribution in [1.29, 1.82) is 0 Å². The summed E-state index contributed by atoms with van der Waals surface area (Å²) < 4.78 is 10.3. The van der Waals surface area contributed by atoms with Crippen LogP contribution in [0.4, 0.5) is 0 Å². The molecule has 0 radical (unpaired) electrons. The smallest absolute Gasteiger partial charge is 0.336 e. The maximum absolute atomic E-state index is 11.9. The van der Waals surface area contributed by atoms with Crippen LogP contribution in [-0.4, -0.2) is 18.4 Å². The van der Waals surface area contributed by atoms with Crippen LogP contribution < -0.4 is 10.9 Å². The second-order valence-electron chi connectivity index (χ2n) is 6.31. The Morgan fingerprint density at radius 1 is 1.17 bits per heavy atom. The van der Waals surface area contributed by atoms with Crippen molar-refractivity contribution in [3.05, 3.63) is 86.7 Å². The van der Waals surface area contributed by atoms with Crippen LogP contribution in [0.2, 0.25) is 5.02 Å². The van der Waals surface area contributed by atoms with E-state index in [9.17, 15) is 14.4 Å².